The molecule has 0 radical (unpaired) electrons. The third kappa shape index (κ3) is 5.22. The van der Waals surface area contributed by atoms with Crippen LogP contribution in [0.5, 0.6) is 17.5 Å². The van der Waals surface area contributed by atoms with Crippen LogP contribution in [0.15, 0.2) is 48.5 Å². The van der Waals surface area contributed by atoms with Crippen LogP contribution in [-0.2, 0) is 0 Å². The molecule has 0 bridgehead atoms. The molecule has 30 heavy (non-hydrogen) atoms. The summed E-state index contributed by atoms with van der Waals surface area (Å²) in [5.74, 6) is -1.85. The molecular formula is C20H15F4N3O3. The lowest BCUT2D eigenvalue weighted by Gasteiger charge is -2.13. The minimum Gasteiger partial charge on any atom is -0.421 e. The fourth-order valence-corrected chi connectivity index (χ4v) is 2.56. The summed E-state index contributed by atoms with van der Waals surface area (Å²) in [5.41, 5.74) is 0.847. The highest BCUT2D eigenvalue weighted by molar-refractivity contribution is 6.05. The number of carbonyl (C=O) groups is 1. The first-order valence-corrected chi connectivity index (χ1v) is 8.57. The van der Waals surface area contributed by atoms with Gasteiger partial charge in [0.25, 0.3) is 5.91 Å². The smallest absolute Gasteiger partial charge is 0.421 e. The molecule has 3 aromatic rings. The van der Waals surface area contributed by atoms with Gasteiger partial charge in [-0.25, -0.2) is 4.39 Å². The van der Waals surface area contributed by atoms with Gasteiger partial charge in [0.2, 0.25) is 0 Å². The van der Waals surface area contributed by atoms with E-state index in [1.807, 2.05) is 0 Å². The first-order chi connectivity index (χ1) is 14.1. The molecule has 0 aliphatic rings. The summed E-state index contributed by atoms with van der Waals surface area (Å²) in [6, 6.07) is 10.2. The molecule has 156 valence electrons. The van der Waals surface area contributed by atoms with E-state index in [2.05, 4.69) is 20.0 Å². The van der Waals surface area contributed by atoms with Gasteiger partial charge in [0.15, 0.2) is 11.6 Å². The van der Waals surface area contributed by atoms with Crippen molar-refractivity contribution < 1.29 is 31.8 Å². The molecule has 2 aromatic carbocycles. The van der Waals surface area contributed by atoms with E-state index in [-0.39, 0.29) is 23.0 Å². The molecule has 1 amide bonds. The van der Waals surface area contributed by atoms with Crippen molar-refractivity contribution in [1.82, 2.24) is 9.97 Å². The van der Waals surface area contributed by atoms with E-state index in [9.17, 15) is 22.4 Å². The summed E-state index contributed by atoms with van der Waals surface area (Å²) in [4.78, 5) is 20.7. The molecule has 0 spiro atoms. The molecule has 0 atom stereocenters. The van der Waals surface area contributed by atoms with E-state index in [0.29, 0.717) is 11.4 Å². The summed E-state index contributed by atoms with van der Waals surface area (Å²) in [7, 11) is 0. The predicted octanol–water partition coefficient (Wildman–Crippen LogP) is 5.18. The minimum atomic E-state index is -4.87. The number of aromatic nitrogens is 2. The number of ether oxygens (including phenoxy) is 2. The normalized spacial score (nSPS) is 11.1. The topological polar surface area (TPSA) is 73.3 Å². The number of benzene rings is 2. The number of alkyl halides is 3. The molecule has 1 heterocycles. The number of carbonyl (C=O) groups excluding carboxylic acids is 1. The SMILES string of the molecule is Cc1nc(Oc2ccccc2F)nc(C)c1NC(=O)c1cccc(OC(F)(F)F)c1. The number of halogens is 4. The van der Waals surface area contributed by atoms with E-state index in [1.165, 1.54) is 30.3 Å². The number of para-hydroxylation sites is 1. The number of nitrogens with zero attached hydrogens (tertiary/aromatic N) is 2. The molecule has 0 aliphatic heterocycles. The van der Waals surface area contributed by atoms with E-state index in [4.69, 9.17) is 4.74 Å². The van der Waals surface area contributed by atoms with Crippen molar-refractivity contribution in [3.05, 3.63) is 71.3 Å². The Labute approximate surface area is 168 Å². The Hall–Kier alpha value is -3.69. The van der Waals surface area contributed by atoms with Gasteiger partial charge in [-0.1, -0.05) is 18.2 Å². The van der Waals surface area contributed by atoms with Gasteiger partial charge in [0, 0.05) is 5.56 Å². The highest BCUT2D eigenvalue weighted by atomic mass is 19.4. The van der Waals surface area contributed by atoms with Gasteiger partial charge in [-0.3, -0.25) is 4.79 Å². The number of hydrogen-bond acceptors (Lipinski definition) is 5. The van der Waals surface area contributed by atoms with E-state index >= 15 is 0 Å². The second kappa shape index (κ2) is 8.36. The standard InChI is InChI=1S/C20H15F4N3O3/c1-11-17(12(2)26-19(25-11)29-16-9-4-3-8-15(16)21)27-18(28)13-6-5-7-14(10-13)30-20(22,23)24/h3-10H,1-2H3,(H,27,28). The average Bonchev–Trinajstić information content (AvgIpc) is 2.65. The maximum atomic E-state index is 13.7. The van der Waals surface area contributed by atoms with Crippen molar-refractivity contribution in [2.75, 3.05) is 5.32 Å². The van der Waals surface area contributed by atoms with Gasteiger partial charge in [0.1, 0.15) is 5.75 Å². The van der Waals surface area contributed by atoms with Gasteiger partial charge >= 0.3 is 12.4 Å². The molecule has 6 nitrogen and oxygen atoms in total. The second-order valence-corrected chi connectivity index (χ2v) is 6.11. The average molecular weight is 421 g/mol. The van der Waals surface area contributed by atoms with Crippen molar-refractivity contribution in [2.24, 2.45) is 0 Å². The van der Waals surface area contributed by atoms with Gasteiger partial charge in [-0.2, -0.15) is 9.97 Å². The van der Waals surface area contributed by atoms with Crippen molar-refractivity contribution >= 4 is 11.6 Å². The Bertz CT molecular complexity index is 1060. The minimum absolute atomic E-state index is 0.0535. The van der Waals surface area contributed by atoms with Gasteiger partial charge in [-0.05, 0) is 44.2 Å². The maximum Gasteiger partial charge on any atom is 0.573 e. The lowest BCUT2D eigenvalue weighted by atomic mass is 10.2. The summed E-state index contributed by atoms with van der Waals surface area (Å²) in [5, 5.41) is 2.56. The van der Waals surface area contributed by atoms with E-state index in [0.717, 1.165) is 12.1 Å². The molecule has 0 saturated carbocycles. The first-order valence-electron chi connectivity index (χ1n) is 8.57. The molecule has 0 aliphatic carbocycles. The molecule has 0 fully saturated rings. The van der Waals surface area contributed by atoms with Crippen LogP contribution < -0.4 is 14.8 Å². The third-order valence-corrected chi connectivity index (χ3v) is 3.86. The number of nitrogens with one attached hydrogen (secondary N) is 1. The molecule has 0 unspecified atom stereocenters. The largest absolute Gasteiger partial charge is 0.573 e. The lowest BCUT2D eigenvalue weighted by molar-refractivity contribution is -0.274. The molecule has 1 aromatic heterocycles. The van der Waals surface area contributed by atoms with Crippen LogP contribution in [0.4, 0.5) is 23.2 Å². The van der Waals surface area contributed by atoms with Crippen molar-refractivity contribution in [3.8, 4) is 17.5 Å². The van der Waals surface area contributed by atoms with Crippen LogP contribution in [0.3, 0.4) is 0 Å². The van der Waals surface area contributed by atoms with Crippen LogP contribution >= 0.6 is 0 Å². The van der Waals surface area contributed by atoms with Gasteiger partial charge < -0.3 is 14.8 Å². The fraction of sp³-hybridized carbons (Fsp3) is 0.150. The van der Waals surface area contributed by atoms with Crippen molar-refractivity contribution in [2.45, 2.75) is 20.2 Å². The lowest BCUT2D eigenvalue weighted by Crippen LogP contribution is -2.18. The summed E-state index contributed by atoms with van der Waals surface area (Å²) < 4.78 is 60.0. The predicted molar refractivity (Wildman–Crippen MR) is 99.1 cm³/mol. The van der Waals surface area contributed by atoms with Crippen LogP contribution in [0.2, 0.25) is 0 Å². The first kappa shape index (κ1) is 21.0. The molecule has 1 N–H and O–H groups in total. The zero-order chi connectivity index (χ0) is 21.9. The van der Waals surface area contributed by atoms with Crippen LogP contribution in [0.1, 0.15) is 21.7 Å². The molecule has 3 rings (SSSR count). The number of aryl methyl sites for hydroxylation is 2. The summed E-state index contributed by atoms with van der Waals surface area (Å²) in [6.07, 6.45) is -4.87. The van der Waals surface area contributed by atoms with Gasteiger partial charge in [-0.15, -0.1) is 13.2 Å². The van der Waals surface area contributed by atoms with Crippen molar-refractivity contribution in [3.63, 3.8) is 0 Å². The Balaban J connectivity index is 1.79. The Morgan fingerprint density at radius 1 is 1.00 bits per heavy atom. The van der Waals surface area contributed by atoms with Crippen LogP contribution in [0, 0.1) is 19.7 Å². The quantitative estimate of drug-likeness (QED) is 0.575. The van der Waals surface area contributed by atoms with E-state index in [1.54, 1.807) is 19.9 Å². The third-order valence-electron chi connectivity index (χ3n) is 3.86. The Kier molecular flexibility index (Phi) is 5.86. The van der Waals surface area contributed by atoms with Crippen molar-refractivity contribution in [1.29, 1.82) is 0 Å². The number of rotatable bonds is 5. The molecule has 0 saturated heterocycles. The Morgan fingerprint density at radius 3 is 2.30 bits per heavy atom. The maximum absolute atomic E-state index is 13.7. The monoisotopic (exact) mass is 421 g/mol. The Morgan fingerprint density at radius 2 is 1.67 bits per heavy atom. The number of amides is 1. The van der Waals surface area contributed by atoms with Gasteiger partial charge in [0.05, 0.1) is 17.1 Å². The summed E-state index contributed by atoms with van der Waals surface area (Å²) in [6.45, 7) is 3.14. The summed E-state index contributed by atoms with van der Waals surface area (Å²) >= 11 is 0. The van der Waals surface area contributed by atoms with Crippen LogP contribution in [-0.4, -0.2) is 22.2 Å². The number of hydrogen-bond donors (Lipinski definition) is 1. The zero-order valence-electron chi connectivity index (χ0n) is 15.7. The van der Waals surface area contributed by atoms with Crippen LogP contribution in [0.25, 0.3) is 0 Å². The zero-order valence-corrected chi connectivity index (χ0v) is 15.7. The molecule has 10 heteroatoms. The highest BCUT2D eigenvalue weighted by Crippen LogP contribution is 2.27. The highest BCUT2D eigenvalue weighted by Gasteiger charge is 2.31. The van der Waals surface area contributed by atoms with E-state index < -0.39 is 23.8 Å². The fourth-order valence-electron chi connectivity index (χ4n) is 2.56. The second-order valence-electron chi connectivity index (χ2n) is 6.11. The number of anilines is 1. The molecular weight excluding hydrogens is 406 g/mol.